The van der Waals surface area contributed by atoms with E-state index in [1.54, 1.807) is 33.5 Å². The maximum absolute atomic E-state index is 15.4. The Labute approximate surface area is 345 Å². The number of anilines is 2. The van der Waals surface area contributed by atoms with Crippen LogP contribution in [0.2, 0.25) is 19.1 Å². The SMILES string of the molecule is COc1ccc(CN(Cc2nc3c(F)c(F)ccc3n2COCC[SiH](C)C)c2nc(N3CCN(C(=O)OCc4ccccc4)CC3)nc3c(-c4nccs4)cnn23)cc1. The van der Waals surface area contributed by atoms with Gasteiger partial charge in [0, 0.05) is 59.7 Å². The molecule has 7 aromatic rings. The molecule has 5 heterocycles. The summed E-state index contributed by atoms with van der Waals surface area (Å²) in [6, 6.07) is 20.9. The summed E-state index contributed by atoms with van der Waals surface area (Å²) < 4.78 is 50.7. The molecule has 8 rings (SSSR count). The Bertz CT molecular complexity index is 2510. The maximum Gasteiger partial charge on any atom is 0.410 e. The fourth-order valence-electron chi connectivity index (χ4n) is 6.85. The second-order valence-corrected chi connectivity index (χ2v) is 18.8. The van der Waals surface area contributed by atoms with Gasteiger partial charge in [-0.15, -0.1) is 11.3 Å². The molecule has 0 atom stereocenters. The van der Waals surface area contributed by atoms with Crippen molar-refractivity contribution in [2.75, 3.05) is 49.7 Å². The average molecular weight is 839 g/mol. The minimum absolute atomic E-state index is 0.0786. The number of piperazine rings is 1. The molecular formula is C41H44F2N10O4SSi. The van der Waals surface area contributed by atoms with Crippen LogP contribution in [0.3, 0.4) is 0 Å². The van der Waals surface area contributed by atoms with E-state index in [0.29, 0.717) is 74.0 Å². The lowest BCUT2D eigenvalue weighted by Gasteiger charge is -2.34. The summed E-state index contributed by atoms with van der Waals surface area (Å²) in [5.74, 6) is 0.0254. The molecule has 0 bridgehead atoms. The predicted octanol–water partition coefficient (Wildman–Crippen LogP) is 7.01. The first-order valence-electron chi connectivity index (χ1n) is 19.4. The molecule has 0 aliphatic carbocycles. The van der Waals surface area contributed by atoms with E-state index in [0.717, 1.165) is 33.8 Å². The van der Waals surface area contributed by atoms with Crippen LogP contribution in [0.4, 0.5) is 25.5 Å². The second-order valence-electron chi connectivity index (χ2n) is 14.6. The van der Waals surface area contributed by atoms with Crippen molar-refractivity contribution in [1.29, 1.82) is 0 Å². The molecule has 59 heavy (non-hydrogen) atoms. The third kappa shape index (κ3) is 8.89. The van der Waals surface area contributed by atoms with Crippen molar-refractivity contribution in [3.63, 3.8) is 0 Å². The summed E-state index contributed by atoms with van der Waals surface area (Å²) in [7, 11) is 0.730. The van der Waals surface area contributed by atoms with Crippen LogP contribution in [0.5, 0.6) is 5.75 Å². The number of hydrogen-bond donors (Lipinski definition) is 0. The molecule has 0 N–H and O–H groups in total. The van der Waals surface area contributed by atoms with Crippen LogP contribution in [0.25, 0.3) is 27.3 Å². The number of carbonyl (C=O) groups excluding carboxylic acids is 1. The highest BCUT2D eigenvalue weighted by Gasteiger charge is 2.28. The van der Waals surface area contributed by atoms with Crippen molar-refractivity contribution in [2.24, 2.45) is 0 Å². The van der Waals surface area contributed by atoms with Gasteiger partial charge in [-0.3, -0.25) is 0 Å². The largest absolute Gasteiger partial charge is 0.497 e. The van der Waals surface area contributed by atoms with E-state index in [1.165, 1.54) is 17.4 Å². The fourth-order valence-corrected chi connectivity index (χ4v) is 8.13. The average Bonchev–Trinajstić information content (AvgIpc) is 4.03. The van der Waals surface area contributed by atoms with Gasteiger partial charge < -0.3 is 33.5 Å². The Balaban J connectivity index is 1.17. The summed E-state index contributed by atoms with van der Waals surface area (Å²) in [5.41, 5.74) is 3.44. The van der Waals surface area contributed by atoms with E-state index < -0.39 is 20.4 Å². The number of halogens is 2. The van der Waals surface area contributed by atoms with Crippen molar-refractivity contribution in [1.82, 2.24) is 39.0 Å². The molecule has 3 aromatic carbocycles. The van der Waals surface area contributed by atoms with Crippen molar-refractivity contribution in [2.45, 2.75) is 45.6 Å². The summed E-state index contributed by atoms with van der Waals surface area (Å²) in [6.45, 7) is 7.48. The molecule has 18 heteroatoms. The van der Waals surface area contributed by atoms with Gasteiger partial charge in [0.1, 0.15) is 35.4 Å². The quantitative estimate of drug-likeness (QED) is 0.0782. The van der Waals surface area contributed by atoms with E-state index >= 15 is 4.39 Å². The third-order valence-electron chi connectivity index (χ3n) is 10.1. The summed E-state index contributed by atoms with van der Waals surface area (Å²) in [5, 5.41) is 7.43. The van der Waals surface area contributed by atoms with E-state index in [1.807, 2.05) is 69.8 Å². The van der Waals surface area contributed by atoms with E-state index in [4.69, 9.17) is 34.3 Å². The van der Waals surface area contributed by atoms with Gasteiger partial charge >= 0.3 is 6.09 Å². The monoisotopic (exact) mass is 838 g/mol. The number of benzene rings is 3. The molecule has 1 fully saturated rings. The first-order chi connectivity index (χ1) is 28.7. The highest BCUT2D eigenvalue weighted by molar-refractivity contribution is 7.13. The molecule has 0 saturated carbocycles. The standard InChI is InChI=1S/C41H44F2N10O4SSi/c1-55-30-11-9-28(10-12-30)24-51(25-34-46-36-33(14-13-32(42)35(36)43)52(34)27-56-20-22-59(2)3)40-48-39(47-37-31(23-45-53(37)40)38-44-15-21-58-38)49-16-18-50(19-17-49)41(54)57-26-29-7-5-4-6-8-29/h4-15,21,23,59H,16-20,22,24-27H2,1-3H3. The number of aromatic nitrogens is 7. The van der Waals surface area contributed by atoms with Crippen LogP contribution >= 0.6 is 11.3 Å². The number of thiazole rings is 1. The molecule has 0 radical (unpaired) electrons. The van der Waals surface area contributed by atoms with Gasteiger partial charge in [-0.2, -0.15) is 19.6 Å². The Hall–Kier alpha value is -5.98. The molecule has 14 nitrogen and oxygen atoms in total. The fraction of sp³-hybridized carbons (Fsp3) is 0.317. The van der Waals surface area contributed by atoms with Crippen molar-refractivity contribution < 1.29 is 27.8 Å². The Morgan fingerprint density at radius 2 is 1.73 bits per heavy atom. The number of hydrogen-bond acceptors (Lipinski definition) is 12. The first kappa shape index (κ1) is 39.8. The zero-order valence-electron chi connectivity index (χ0n) is 33.0. The third-order valence-corrected chi connectivity index (χ3v) is 12.3. The molecule has 1 aliphatic heterocycles. The first-order valence-corrected chi connectivity index (χ1v) is 23.4. The number of methoxy groups -OCH3 is 1. The van der Waals surface area contributed by atoms with Gasteiger partial charge in [-0.05, 0) is 41.4 Å². The number of fused-ring (bicyclic) bond motifs is 2. The molecule has 0 unspecified atom stereocenters. The summed E-state index contributed by atoms with van der Waals surface area (Å²) >= 11 is 1.47. The number of carbonyl (C=O) groups is 1. The zero-order chi connectivity index (χ0) is 40.9. The van der Waals surface area contributed by atoms with Crippen LogP contribution in [0, 0.1) is 11.6 Å². The molecule has 4 aromatic heterocycles. The number of amides is 1. The van der Waals surface area contributed by atoms with Crippen LogP contribution in [-0.4, -0.2) is 93.8 Å². The lowest BCUT2D eigenvalue weighted by Crippen LogP contribution is -2.49. The highest BCUT2D eigenvalue weighted by Crippen LogP contribution is 2.31. The van der Waals surface area contributed by atoms with Gasteiger partial charge in [0.05, 0.1) is 30.9 Å². The van der Waals surface area contributed by atoms with Gasteiger partial charge in [0.25, 0.3) is 0 Å². The van der Waals surface area contributed by atoms with Gasteiger partial charge in [-0.1, -0.05) is 55.6 Å². The van der Waals surface area contributed by atoms with Crippen molar-refractivity contribution >= 4 is 54.8 Å². The maximum atomic E-state index is 15.4. The second kappa shape index (κ2) is 17.9. The van der Waals surface area contributed by atoms with Crippen LogP contribution in [0.1, 0.15) is 17.0 Å². The van der Waals surface area contributed by atoms with Crippen LogP contribution in [0.15, 0.2) is 84.5 Å². The van der Waals surface area contributed by atoms with E-state index in [-0.39, 0.29) is 31.5 Å². The predicted molar refractivity (Wildman–Crippen MR) is 224 cm³/mol. The van der Waals surface area contributed by atoms with Crippen LogP contribution < -0.4 is 14.5 Å². The van der Waals surface area contributed by atoms with Gasteiger partial charge in [0.2, 0.25) is 11.9 Å². The Morgan fingerprint density at radius 1 is 0.932 bits per heavy atom. The lowest BCUT2D eigenvalue weighted by molar-refractivity contribution is 0.0882. The number of ether oxygens (including phenoxy) is 3. The Morgan fingerprint density at radius 3 is 2.46 bits per heavy atom. The van der Waals surface area contributed by atoms with E-state index in [2.05, 4.69) is 18.1 Å². The number of imidazole rings is 1. The van der Waals surface area contributed by atoms with Crippen LogP contribution in [-0.2, 0) is 35.9 Å². The van der Waals surface area contributed by atoms with E-state index in [9.17, 15) is 9.18 Å². The van der Waals surface area contributed by atoms with Crippen molar-refractivity contribution in [3.8, 4) is 16.3 Å². The van der Waals surface area contributed by atoms with Gasteiger partial charge in [0.15, 0.2) is 17.3 Å². The lowest BCUT2D eigenvalue weighted by atomic mass is 10.2. The minimum Gasteiger partial charge on any atom is -0.497 e. The molecule has 0 spiro atoms. The molecule has 1 amide bonds. The minimum atomic E-state index is -1.02. The van der Waals surface area contributed by atoms with Crippen molar-refractivity contribution in [3.05, 3.63) is 113 Å². The highest BCUT2D eigenvalue weighted by atomic mass is 32.1. The Kier molecular flexibility index (Phi) is 12.1. The topological polar surface area (TPSA) is 128 Å². The number of rotatable bonds is 15. The molecule has 1 aliphatic rings. The smallest absolute Gasteiger partial charge is 0.410 e. The molecule has 1 saturated heterocycles. The number of nitrogens with zero attached hydrogens (tertiary/aromatic N) is 10. The summed E-state index contributed by atoms with van der Waals surface area (Å²) in [6.07, 6.45) is 3.07. The normalized spacial score (nSPS) is 13.2. The molecule has 306 valence electrons. The zero-order valence-corrected chi connectivity index (χ0v) is 35.0. The van der Waals surface area contributed by atoms with Gasteiger partial charge in [-0.25, -0.2) is 23.5 Å². The molecular weight excluding hydrogens is 795 g/mol. The summed E-state index contributed by atoms with van der Waals surface area (Å²) in [4.78, 5) is 38.3.